The lowest BCUT2D eigenvalue weighted by Crippen LogP contribution is -2.04. The maximum Gasteiger partial charge on any atom is 0.145 e. The van der Waals surface area contributed by atoms with Gasteiger partial charge in [0.1, 0.15) is 35.5 Å². The highest BCUT2D eigenvalue weighted by atomic mass is 35.5. The van der Waals surface area contributed by atoms with Gasteiger partial charge < -0.3 is 19.0 Å². The molecule has 1 aromatic carbocycles. The quantitative estimate of drug-likeness (QED) is 0.351. The van der Waals surface area contributed by atoms with Crippen LogP contribution in [0.4, 0.5) is 0 Å². The zero-order valence-electron chi connectivity index (χ0n) is 14.9. The molecule has 0 unspecified atom stereocenters. The van der Waals surface area contributed by atoms with Crippen LogP contribution in [0.1, 0.15) is 37.3 Å². The smallest absolute Gasteiger partial charge is 0.145 e. The highest BCUT2D eigenvalue weighted by molar-refractivity contribution is 6.55. The Morgan fingerprint density at radius 2 is 1.84 bits per heavy atom. The molecular weight excluding hydrogens is 363 g/mol. The lowest BCUT2D eigenvalue weighted by molar-refractivity contribution is -0.111. The maximum absolute atomic E-state index is 10.1. The van der Waals surface area contributed by atoms with E-state index in [0.29, 0.717) is 19.8 Å². The summed E-state index contributed by atoms with van der Waals surface area (Å²) < 4.78 is 16.9. The molecule has 0 saturated heterocycles. The summed E-state index contributed by atoms with van der Waals surface area (Å²) in [7, 11) is 0. The molecular formula is C19H26Cl2O4. The summed E-state index contributed by atoms with van der Waals surface area (Å²) in [5, 5.41) is 0. The average Bonchev–Trinajstić information content (AvgIpc) is 2.58. The normalized spacial score (nSPS) is 10.4. The average molecular weight is 389 g/mol. The second kappa shape index (κ2) is 13.0. The minimum Gasteiger partial charge on any atom is -0.493 e. The van der Waals surface area contributed by atoms with Crippen LogP contribution in [0.25, 0.3) is 0 Å². The maximum atomic E-state index is 10.1. The number of halogens is 2. The Kier molecular flexibility index (Phi) is 11.4. The van der Waals surface area contributed by atoms with Crippen LogP contribution < -0.4 is 9.47 Å². The van der Waals surface area contributed by atoms with Crippen LogP contribution in [-0.4, -0.2) is 32.7 Å². The molecule has 0 N–H and O–H groups in total. The molecule has 6 heteroatoms. The van der Waals surface area contributed by atoms with Crippen LogP contribution in [0.2, 0.25) is 0 Å². The Balaban J connectivity index is 2.47. The number of unbranched alkanes of at least 4 members (excludes halogenated alkanes) is 2. The molecule has 25 heavy (non-hydrogen) atoms. The van der Waals surface area contributed by atoms with E-state index >= 15 is 0 Å². The van der Waals surface area contributed by atoms with Gasteiger partial charge in [0.25, 0.3) is 0 Å². The van der Waals surface area contributed by atoms with Gasteiger partial charge in [0, 0.05) is 6.61 Å². The molecule has 0 amide bonds. The third kappa shape index (κ3) is 9.15. The summed E-state index contributed by atoms with van der Waals surface area (Å²) in [5.41, 5.74) is 2.16. The zero-order chi connectivity index (χ0) is 18.5. The Morgan fingerprint density at radius 1 is 1.08 bits per heavy atom. The van der Waals surface area contributed by atoms with Crippen molar-refractivity contribution in [1.82, 2.24) is 0 Å². The molecule has 140 valence electrons. The van der Waals surface area contributed by atoms with Gasteiger partial charge in [-0.25, -0.2) is 0 Å². The van der Waals surface area contributed by atoms with Crippen molar-refractivity contribution in [2.45, 2.75) is 39.5 Å². The highest BCUT2D eigenvalue weighted by Gasteiger charge is 2.09. The van der Waals surface area contributed by atoms with Crippen molar-refractivity contribution in [2.24, 2.45) is 0 Å². The van der Waals surface area contributed by atoms with Crippen molar-refractivity contribution < 1.29 is 19.0 Å². The fourth-order valence-electron chi connectivity index (χ4n) is 2.35. The third-order valence-electron chi connectivity index (χ3n) is 3.56. The van der Waals surface area contributed by atoms with E-state index in [4.69, 9.17) is 37.4 Å². The van der Waals surface area contributed by atoms with E-state index in [-0.39, 0.29) is 11.1 Å². The molecule has 0 saturated carbocycles. The van der Waals surface area contributed by atoms with E-state index in [2.05, 4.69) is 6.92 Å². The number of hydrogen-bond donors (Lipinski definition) is 0. The van der Waals surface area contributed by atoms with Gasteiger partial charge in [-0.15, -0.1) is 0 Å². The lowest BCUT2D eigenvalue weighted by atomic mass is 10.1. The Labute approximate surface area is 160 Å². The first kappa shape index (κ1) is 21.8. The van der Waals surface area contributed by atoms with Gasteiger partial charge in [-0.1, -0.05) is 30.1 Å². The summed E-state index contributed by atoms with van der Waals surface area (Å²) in [5.74, 6) is 1.71. The third-order valence-corrected chi connectivity index (χ3v) is 3.87. The molecule has 0 bridgehead atoms. The molecule has 0 heterocycles. The lowest BCUT2D eigenvalue weighted by Gasteiger charge is -2.15. The molecule has 0 spiro atoms. The van der Waals surface area contributed by atoms with Gasteiger partial charge in [-0.3, -0.25) is 0 Å². The number of aldehydes is 1. The predicted molar refractivity (Wildman–Crippen MR) is 102 cm³/mol. The van der Waals surface area contributed by atoms with Crippen LogP contribution in [0.3, 0.4) is 0 Å². The van der Waals surface area contributed by atoms with Crippen LogP contribution in [0, 0.1) is 6.92 Å². The van der Waals surface area contributed by atoms with Crippen LogP contribution >= 0.6 is 23.2 Å². The first-order valence-electron chi connectivity index (χ1n) is 8.50. The molecule has 0 aliphatic rings. The van der Waals surface area contributed by atoms with Gasteiger partial charge in [0.2, 0.25) is 0 Å². The highest BCUT2D eigenvalue weighted by Crippen LogP contribution is 2.30. The fraction of sp³-hybridized carbons (Fsp3) is 0.526. The van der Waals surface area contributed by atoms with E-state index in [0.717, 1.165) is 54.6 Å². The number of rotatable bonds is 13. The van der Waals surface area contributed by atoms with Crippen molar-refractivity contribution in [3.05, 3.63) is 33.8 Å². The summed E-state index contributed by atoms with van der Waals surface area (Å²) in [6.07, 6.45) is 6.12. The number of ether oxygens (including phenoxy) is 3. The minimum absolute atomic E-state index is 0.177. The van der Waals surface area contributed by atoms with Gasteiger partial charge >= 0.3 is 0 Å². The molecule has 0 fully saturated rings. The second-order valence-corrected chi connectivity index (χ2v) is 6.55. The van der Waals surface area contributed by atoms with Gasteiger partial charge in [-0.05, 0) is 61.9 Å². The van der Waals surface area contributed by atoms with E-state index in [1.165, 1.54) is 0 Å². The van der Waals surface area contributed by atoms with Crippen molar-refractivity contribution in [3.8, 4) is 11.5 Å². The number of benzene rings is 1. The topological polar surface area (TPSA) is 44.8 Å². The molecule has 0 aliphatic carbocycles. The van der Waals surface area contributed by atoms with E-state index < -0.39 is 0 Å². The van der Waals surface area contributed by atoms with E-state index in [1.807, 2.05) is 19.1 Å². The fourth-order valence-corrected chi connectivity index (χ4v) is 2.48. The van der Waals surface area contributed by atoms with Crippen LogP contribution in [0.15, 0.2) is 22.7 Å². The molecule has 1 rings (SSSR count). The van der Waals surface area contributed by atoms with Crippen molar-refractivity contribution in [1.29, 1.82) is 0 Å². The molecule has 0 radical (unpaired) electrons. The summed E-state index contributed by atoms with van der Waals surface area (Å²) in [6.45, 7) is 5.88. The molecule has 1 aromatic rings. The number of carbonyl (C=O) groups is 1. The Morgan fingerprint density at radius 3 is 2.52 bits per heavy atom. The molecule has 0 aliphatic heterocycles. The van der Waals surface area contributed by atoms with Crippen LogP contribution in [-0.2, 0) is 16.0 Å². The van der Waals surface area contributed by atoms with Gasteiger partial charge in [0.05, 0.1) is 6.61 Å². The number of carbonyl (C=O) groups excluding carboxylic acids is 1. The van der Waals surface area contributed by atoms with E-state index in [1.54, 1.807) is 6.08 Å². The Bertz CT molecular complexity index is 555. The molecule has 0 atom stereocenters. The summed E-state index contributed by atoms with van der Waals surface area (Å²) >= 11 is 11.2. The summed E-state index contributed by atoms with van der Waals surface area (Å²) in [4.78, 5) is 10.1. The van der Waals surface area contributed by atoms with E-state index in [9.17, 15) is 4.79 Å². The monoisotopic (exact) mass is 388 g/mol. The van der Waals surface area contributed by atoms with Crippen molar-refractivity contribution >= 4 is 29.5 Å². The minimum atomic E-state index is 0.177. The van der Waals surface area contributed by atoms with Crippen molar-refractivity contribution in [3.63, 3.8) is 0 Å². The first-order valence-corrected chi connectivity index (χ1v) is 9.25. The standard InChI is InChI=1S/C19H26Cl2O4/c1-3-16-14-17(24-11-7-18(20)21)13-15(2)19(16)25-10-6-4-5-9-23-12-8-22/h7-8,13-14H,3-6,9-12H2,1-2H3. The number of hydrogen-bond acceptors (Lipinski definition) is 4. The van der Waals surface area contributed by atoms with Gasteiger partial charge in [0.15, 0.2) is 0 Å². The molecule has 4 nitrogen and oxygen atoms in total. The second-order valence-electron chi connectivity index (χ2n) is 5.54. The largest absolute Gasteiger partial charge is 0.493 e. The molecule has 0 aromatic heterocycles. The summed E-state index contributed by atoms with van der Waals surface area (Å²) in [6, 6.07) is 3.95. The Hall–Kier alpha value is -1.23. The number of aryl methyl sites for hydroxylation is 2. The first-order chi connectivity index (χ1) is 12.1. The van der Waals surface area contributed by atoms with Crippen molar-refractivity contribution in [2.75, 3.05) is 26.4 Å². The van der Waals surface area contributed by atoms with Crippen LogP contribution in [0.5, 0.6) is 11.5 Å². The zero-order valence-corrected chi connectivity index (χ0v) is 16.4. The SMILES string of the molecule is CCc1cc(OCC=C(Cl)Cl)cc(C)c1OCCCCCOCC=O. The van der Waals surface area contributed by atoms with Gasteiger partial charge in [-0.2, -0.15) is 0 Å². The predicted octanol–water partition coefficient (Wildman–Crippen LogP) is 5.02.